The zero-order chi connectivity index (χ0) is 15.5. The Labute approximate surface area is 132 Å². The summed E-state index contributed by atoms with van der Waals surface area (Å²) < 4.78 is 1.13. The zero-order valence-electron chi connectivity index (χ0n) is 12.2. The zero-order valence-corrected chi connectivity index (χ0v) is 13.0. The first kappa shape index (κ1) is 14.7. The van der Waals surface area contributed by atoms with Crippen LogP contribution in [0.3, 0.4) is 0 Å². The van der Waals surface area contributed by atoms with Crippen molar-refractivity contribution in [2.45, 2.75) is 19.4 Å². The second-order valence-corrected chi connectivity index (χ2v) is 6.16. The highest BCUT2D eigenvalue weighted by Crippen LogP contribution is 2.29. The molecule has 0 radical (unpaired) electrons. The largest absolute Gasteiger partial charge is 0.386 e. The number of nitrogens with zero attached hydrogens (tertiary/aromatic N) is 1. The van der Waals surface area contributed by atoms with E-state index in [1.807, 2.05) is 37.3 Å². The molecule has 2 aromatic heterocycles. The molecule has 6 heteroatoms. The lowest BCUT2D eigenvalue weighted by Crippen LogP contribution is -2.28. The SMILES string of the molecule is CCc1cc(C(=O)NCC(O)c2cc3ccccc3s2)n[nH]1. The Morgan fingerprint density at radius 2 is 2.23 bits per heavy atom. The van der Waals surface area contributed by atoms with Crippen LogP contribution in [0.25, 0.3) is 10.1 Å². The summed E-state index contributed by atoms with van der Waals surface area (Å²) in [5.41, 5.74) is 1.26. The lowest BCUT2D eigenvalue weighted by molar-refractivity contribution is 0.0913. The van der Waals surface area contributed by atoms with Gasteiger partial charge in [-0.15, -0.1) is 11.3 Å². The third-order valence-electron chi connectivity index (χ3n) is 3.47. The first-order valence-corrected chi connectivity index (χ1v) is 7.98. The van der Waals surface area contributed by atoms with Gasteiger partial charge in [-0.05, 0) is 30.0 Å². The molecule has 22 heavy (non-hydrogen) atoms. The number of hydrogen-bond acceptors (Lipinski definition) is 4. The maximum atomic E-state index is 12.0. The number of nitrogens with one attached hydrogen (secondary N) is 2. The van der Waals surface area contributed by atoms with E-state index in [-0.39, 0.29) is 12.5 Å². The van der Waals surface area contributed by atoms with Crippen molar-refractivity contribution in [1.29, 1.82) is 0 Å². The van der Waals surface area contributed by atoms with Crippen molar-refractivity contribution in [2.75, 3.05) is 6.54 Å². The van der Waals surface area contributed by atoms with Gasteiger partial charge < -0.3 is 10.4 Å². The first-order chi connectivity index (χ1) is 10.7. The van der Waals surface area contributed by atoms with Gasteiger partial charge in [0, 0.05) is 21.8 Å². The van der Waals surface area contributed by atoms with Crippen molar-refractivity contribution in [2.24, 2.45) is 0 Å². The van der Waals surface area contributed by atoms with Crippen molar-refractivity contribution in [1.82, 2.24) is 15.5 Å². The molecule has 0 aliphatic carbocycles. The smallest absolute Gasteiger partial charge is 0.271 e. The second kappa shape index (κ2) is 6.29. The minimum absolute atomic E-state index is 0.167. The average molecular weight is 315 g/mol. The molecule has 1 unspecified atom stereocenters. The number of aryl methyl sites for hydroxylation is 1. The topological polar surface area (TPSA) is 78.0 Å². The van der Waals surface area contributed by atoms with Crippen molar-refractivity contribution in [3.8, 4) is 0 Å². The van der Waals surface area contributed by atoms with E-state index in [4.69, 9.17) is 0 Å². The van der Waals surface area contributed by atoms with Gasteiger partial charge in [0.1, 0.15) is 11.8 Å². The molecular weight excluding hydrogens is 298 g/mol. The molecule has 1 atom stereocenters. The third kappa shape index (κ3) is 3.03. The van der Waals surface area contributed by atoms with Crippen LogP contribution < -0.4 is 5.32 Å². The van der Waals surface area contributed by atoms with E-state index >= 15 is 0 Å². The molecule has 0 aliphatic rings. The van der Waals surface area contributed by atoms with Crippen LogP contribution in [-0.4, -0.2) is 27.8 Å². The minimum Gasteiger partial charge on any atom is -0.386 e. The quantitative estimate of drug-likeness (QED) is 0.677. The van der Waals surface area contributed by atoms with Crippen LogP contribution in [0.5, 0.6) is 0 Å². The molecule has 114 valence electrons. The molecule has 3 N–H and O–H groups in total. The number of amides is 1. The Bertz CT molecular complexity index is 760. The molecule has 2 heterocycles. The van der Waals surface area contributed by atoms with Gasteiger partial charge in [0.25, 0.3) is 5.91 Å². The van der Waals surface area contributed by atoms with E-state index in [0.29, 0.717) is 5.69 Å². The molecule has 3 rings (SSSR count). The lowest BCUT2D eigenvalue weighted by atomic mass is 10.2. The molecule has 5 nitrogen and oxygen atoms in total. The fourth-order valence-corrected chi connectivity index (χ4v) is 3.26. The van der Waals surface area contributed by atoms with Crippen molar-refractivity contribution >= 4 is 27.3 Å². The highest BCUT2D eigenvalue weighted by atomic mass is 32.1. The molecule has 0 fully saturated rings. The van der Waals surface area contributed by atoms with E-state index in [1.165, 1.54) is 11.3 Å². The van der Waals surface area contributed by atoms with Gasteiger partial charge in [0.15, 0.2) is 0 Å². The Kier molecular flexibility index (Phi) is 4.22. The summed E-state index contributed by atoms with van der Waals surface area (Å²) in [6.07, 6.45) is 0.0796. The molecule has 0 saturated carbocycles. The Hall–Kier alpha value is -2.18. The van der Waals surface area contributed by atoms with Gasteiger partial charge in [-0.3, -0.25) is 9.89 Å². The van der Waals surface area contributed by atoms with Gasteiger partial charge in [-0.1, -0.05) is 25.1 Å². The summed E-state index contributed by atoms with van der Waals surface area (Å²) in [6, 6.07) is 11.7. The number of thiophene rings is 1. The number of benzene rings is 1. The highest BCUT2D eigenvalue weighted by molar-refractivity contribution is 7.19. The number of aromatic amines is 1. The summed E-state index contributed by atoms with van der Waals surface area (Å²) in [6.45, 7) is 2.15. The molecule has 3 aromatic rings. The Balaban J connectivity index is 1.64. The van der Waals surface area contributed by atoms with Crippen LogP contribution >= 0.6 is 11.3 Å². The van der Waals surface area contributed by atoms with E-state index in [1.54, 1.807) is 6.07 Å². The van der Waals surface area contributed by atoms with E-state index in [2.05, 4.69) is 15.5 Å². The van der Waals surface area contributed by atoms with Crippen molar-refractivity contribution in [3.63, 3.8) is 0 Å². The van der Waals surface area contributed by atoms with Gasteiger partial charge in [-0.25, -0.2) is 0 Å². The monoisotopic (exact) mass is 315 g/mol. The fraction of sp³-hybridized carbons (Fsp3) is 0.250. The van der Waals surface area contributed by atoms with E-state index < -0.39 is 6.10 Å². The predicted octanol–water partition coefficient (Wildman–Crippen LogP) is 2.65. The number of hydrogen-bond donors (Lipinski definition) is 3. The van der Waals surface area contributed by atoms with Crippen molar-refractivity contribution in [3.05, 3.63) is 52.7 Å². The average Bonchev–Trinajstić information content (AvgIpc) is 3.18. The Morgan fingerprint density at radius 3 is 2.95 bits per heavy atom. The van der Waals surface area contributed by atoms with E-state index in [9.17, 15) is 9.90 Å². The van der Waals surface area contributed by atoms with Crippen LogP contribution in [0.2, 0.25) is 0 Å². The summed E-state index contributed by atoms with van der Waals surface area (Å²) in [5, 5.41) is 20.8. The number of aliphatic hydroxyl groups is 1. The highest BCUT2D eigenvalue weighted by Gasteiger charge is 2.15. The van der Waals surface area contributed by atoms with E-state index in [0.717, 1.165) is 27.1 Å². The molecule has 0 saturated heterocycles. The van der Waals surface area contributed by atoms with Gasteiger partial charge in [0.05, 0.1) is 0 Å². The number of aliphatic hydroxyl groups excluding tert-OH is 1. The lowest BCUT2D eigenvalue weighted by Gasteiger charge is -2.08. The fourth-order valence-electron chi connectivity index (χ4n) is 2.21. The minimum atomic E-state index is -0.717. The van der Waals surface area contributed by atoms with Gasteiger partial charge in [0.2, 0.25) is 0 Å². The number of carbonyl (C=O) groups is 1. The van der Waals surface area contributed by atoms with Crippen LogP contribution in [0.1, 0.15) is 34.1 Å². The second-order valence-electron chi connectivity index (χ2n) is 5.04. The molecule has 1 aromatic carbocycles. The number of carbonyl (C=O) groups excluding carboxylic acids is 1. The molecule has 1 amide bonds. The van der Waals surface area contributed by atoms with Gasteiger partial charge >= 0.3 is 0 Å². The molecule has 0 spiro atoms. The molecular formula is C16H17N3O2S. The van der Waals surface area contributed by atoms with Gasteiger partial charge in [-0.2, -0.15) is 5.10 Å². The summed E-state index contributed by atoms with van der Waals surface area (Å²) in [4.78, 5) is 12.8. The number of fused-ring (bicyclic) bond motifs is 1. The number of aromatic nitrogens is 2. The summed E-state index contributed by atoms with van der Waals surface area (Å²) in [7, 11) is 0. The van der Waals surface area contributed by atoms with Crippen molar-refractivity contribution < 1.29 is 9.90 Å². The molecule has 0 bridgehead atoms. The predicted molar refractivity (Wildman–Crippen MR) is 87.1 cm³/mol. The number of H-pyrrole nitrogens is 1. The third-order valence-corrected chi connectivity index (χ3v) is 4.69. The summed E-state index contributed by atoms with van der Waals surface area (Å²) in [5.74, 6) is -0.281. The normalized spacial score (nSPS) is 12.5. The standard InChI is InChI=1S/C16H17N3O2S/c1-2-11-8-12(19-18-11)16(21)17-9-13(20)15-7-10-5-3-4-6-14(10)22-15/h3-8,13,20H,2,9H2,1H3,(H,17,21)(H,18,19). The first-order valence-electron chi connectivity index (χ1n) is 7.16. The van der Waals surface area contributed by atoms with Crippen LogP contribution in [0, 0.1) is 0 Å². The van der Waals surface area contributed by atoms with Crippen LogP contribution in [0.4, 0.5) is 0 Å². The molecule has 0 aliphatic heterocycles. The van der Waals surface area contributed by atoms with Crippen LogP contribution in [0.15, 0.2) is 36.4 Å². The maximum absolute atomic E-state index is 12.0. The van der Waals surface area contributed by atoms with Crippen LogP contribution in [-0.2, 0) is 6.42 Å². The number of rotatable bonds is 5. The Morgan fingerprint density at radius 1 is 1.41 bits per heavy atom. The maximum Gasteiger partial charge on any atom is 0.271 e. The summed E-state index contributed by atoms with van der Waals surface area (Å²) >= 11 is 1.54.